The molecule has 0 radical (unpaired) electrons. The van der Waals surface area contributed by atoms with Crippen molar-refractivity contribution < 1.29 is 0 Å². The lowest BCUT2D eigenvalue weighted by Crippen LogP contribution is -2.24. The Kier molecular flexibility index (Phi) is 5.95. The van der Waals surface area contributed by atoms with Crippen LogP contribution in [0.3, 0.4) is 0 Å². The van der Waals surface area contributed by atoms with Crippen molar-refractivity contribution in [2.24, 2.45) is 0 Å². The van der Waals surface area contributed by atoms with Gasteiger partial charge in [-0.25, -0.2) is 4.98 Å². The second kappa shape index (κ2) is 7.71. The number of benzene rings is 1. The van der Waals surface area contributed by atoms with E-state index in [1.807, 2.05) is 17.5 Å². The summed E-state index contributed by atoms with van der Waals surface area (Å²) in [7, 11) is 0. The first kappa shape index (κ1) is 16.2. The van der Waals surface area contributed by atoms with Crippen LogP contribution in [0.4, 0.5) is 0 Å². The molecule has 1 N–H and O–H groups in total. The van der Waals surface area contributed by atoms with Gasteiger partial charge in [0, 0.05) is 17.1 Å². The van der Waals surface area contributed by atoms with Crippen LogP contribution in [-0.2, 0) is 12.8 Å². The highest BCUT2D eigenvalue weighted by Gasteiger charge is 2.16. The van der Waals surface area contributed by atoms with Gasteiger partial charge in [-0.2, -0.15) is 0 Å². The van der Waals surface area contributed by atoms with Gasteiger partial charge in [0.05, 0.1) is 6.04 Å². The van der Waals surface area contributed by atoms with Crippen molar-refractivity contribution in [3.63, 3.8) is 0 Å². The van der Waals surface area contributed by atoms with Crippen LogP contribution >= 0.6 is 11.3 Å². The van der Waals surface area contributed by atoms with E-state index in [4.69, 9.17) is 0 Å². The summed E-state index contributed by atoms with van der Waals surface area (Å²) in [5, 5.41) is 4.91. The normalized spacial score (nSPS) is 14.1. The van der Waals surface area contributed by atoms with Gasteiger partial charge in [0.15, 0.2) is 0 Å². The summed E-state index contributed by atoms with van der Waals surface area (Å²) in [5.41, 5.74) is 2.77. The Labute approximate surface area is 132 Å². The summed E-state index contributed by atoms with van der Waals surface area (Å²) >= 11 is 1.82. The minimum absolute atomic E-state index is 0.297. The molecular weight excluding hydrogens is 276 g/mol. The van der Waals surface area contributed by atoms with Gasteiger partial charge < -0.3 is 5.32 Å². The molecule has 1 aromatic carbocycles. The predicted octanol–water partition coefficient (Wildman–Crippen LogP) is 5.07. The van der Waals surface area contributed by atoms with Crippen LogP contribution in [0.5, 0.6) is 0 Å². The zero-order chi connectivity index (χ0) is 15.2. The van der Waals surface area contributed by atoms with Gasteiger partial charge in [-0.15, -0.1) is 11.3 Å². The monoisotopic (exact) mass is 302 g/mol. The molecule has 0 saturated carbocycles. The third kappa shape index (κ3) is 4.14. The zero-order valence-corrected chi connectivity index (χ0v) is 14.3. The molecule has 2 aromatic rings. The summed E-state index contributed by atoms with van der Waals surface area (Å²) in [4.78, 5) is 5.91. The topological polar surface area (TPSA) is 24.9 Å². The average Bonchev–Trinajstić information content (AvgIpc) is 3.01. The van der Waals surface area contributed by atoms with E-state index < -0.39 is 0 Å². The molecule has 0 bridgehead atoms. The van der Waals surface area contributed by atoms with Gasteiger partial charge in [0.2, 0.25) is 0 Å². The smallest absolute Gasteiger partial charge is 0.109 e. The van der Waals surface area contributed by atoms with Gasteiger partial charge >= 0.3 is 0 Å². The molecule has 0 fully saturated rings. The highest BCUT2D eigenvalue weighted by atomic mass is 32.1. The number of hydrogen-bond acceptors (Lipinski definition) is 3. The van der Waals surface area contributed by atoms with E-state index in [2.05, 4.69) is 62.3 Å². The quantitative estimate of drug-likeness (QED) is 0.772. The lowest BCUT2D eigenvalue weighted by atomic mass is 10.0. The SMILES string of the molecule is CCc1ccc(C(CC)NC(C)c2ncc(CC)s2)cc1. The number of thiazole rings is 1. The fraction of sp³-hybridized carbons (Fsp3) is 0.500. The summed E-state index contributed by atoms with van der Waals surface area (Å²) in [5.74, 6) is 0. The van der Waals surface area contributed by atoms with Crippen molar-refractivity contribution in [1.29, 1.82) is 0 Å². The largest absolute Gasteiger partial charge is 0.301 e. The summed E-state index contributed by atoms with van der Waals surface area (Å²) < 4.78 is 0. The maximum absolute atomic E-state index is 4.55. The molecule has 0 spiro atoms. The van der Waals surface area contributed by atoms with E-state index in [0.29, 0.717) is 12.1 Å². The number of aromatic nitrogens is 1. The maximum atomic E-state index is 4.55. The van der Waals surface area contributed by atoms with E-state index in [1.54, 1.807) is 0 Å². The highest BCUT2D eigenvalue weighted by molar-refractivity contribution is 7.11. The fourth-order valence-electron chi connectivity index (χ4n) is 2.49. The van der Waals surface area contributed by atoms with Gasteiger partial charge in [0.1, 0.15) is 5.01 Å². The Balaban J connectivity index is 2.06. The van der Waals surface area contributed by atoms with E-state index in [0.717, 1.165) is 19.3 Å². The number of nitrogens with one attached hydrogen (secondary N) is 1. The average molecular weight is 302 g/mol. The summed E-state index contributed by atoms with van der Waals surface area (Å²) in [6, 6.07) is 9.68. The van der Waals surface area contributed by atoms with Gasteiger partial charge in [-0.3, -0.25) is 0 Å². The first-order valence-electron chi connectivity index (χ1n) is 7.97. The third-order valence-electron chi connectivity index (χ3n) is 3.94. The molecule has 2 nitrogen and oxygen atoms in total. The fourth-order valence-corrected chi connectivity index (χ4v) is 3.36. The first-order chi connectivity index (χ1) is 10.2. The molecule has 0 amide bonds. The molecule has 21 heavy (non-hydrogen) atoms. The molecule has 0 aliphatic carbocycles. The van der Waals surface area contributed by atoms with Crippen molar-refractivity contribution >= 4 is 11.3 Å². The predicted molar refractivity (Wildman–Crippen MR) is 91.9 cm³/mol. The number of hydrogen-bond donors (Lipinski definition) is 1. The van der Waals surface area contributed by atoms with Crippen LogP contribution in [0, 0.1) is 0 Å². The molecule has 0 saturated heterocycles. The first-order valence-corrected chi connectivity index (χ1v) is 8.79. The molecule has 2 unspecified atom stereocenters. The van der Waals surface area contributed by atoms with Crippen LogP contribution < -0.4 is 5.32 Å². The van der Waals surface area contributed by atoms with Gasteiger partial charge in [-0.05, 0) is 37.3 Å². The molecule has 0 aliphatic heterocycles. The number of aryl methyl sites for hydroxylation is 2. The third-order valence-corrected chi connectivity index (χ3v) is 5.26. The lowest BCUT2D eigenvalue weighted by Gasteiger charge is -2.21. The van der Waals surface area contributed by atoms with Crippen molar-refractivity contribution in [1.82, 2.24) is 10.3 Å². The van der Waals surface area contributed by atoms with Gasteiger partial charge in [0.25, 0.3) is 0 Å². The van der Waals surface area contributed by atoms with Crippen LogP contribution in [0.15, 0.2) is 30.5 Å². The Morgan fingerprint density at radius 1 is 1.10 bits per heavy atom. The van der Waals surface area contributed by atoms with E-state index >= 15 is 0 Å². The van der Waals surface area contributed by atoms with Gasteiger partial charge in [-0.1, -0.05) is 45.0 Å². The minimum atomic E-state index is 0.297. The van der Waals surface area contributed by atoms with Crippen LogP contribution in [0.1, 0.15) is 67.2 Å². The van der Waals surface area contributed by atoms with E-state index in [9.17, 15) is 0 Å². The number of rotatable bonds is 7. The van der Waals surface area contributed by atoms with Crippen LogP contribution in [-0.4, -0.2) is 4.98 Å². The molecule has 1 heterocycles. The molecule has 2 atom stereocenters. The molecule has 114 valence electrons. The molecule has 2 rings (SSSR count). The Bertz CT molecular complexity index is 545. The van der Waals surface area contributed by atoms with Crippen molar-refractivity contribution in [2.45, 2.75) is 59.0 Å². The van der Waals surface area contributed by atoms with Crippen LogP contribution in [0.2, 0.25) is 0 Å². The molecule has 1 aromatic heterocycles. The van der Waals surface area contributed by atoms with Crippen LogP contribution in [0.25, 0.3) is 0 Å². The number of nitrogens with zero attached hydrogens (tertiary/aromatic N) is 1. The minimum Gasteiger partial charge on any atom is -0.301 e. The lowest BCUT2D eigenvalue weighted by molar-refractivity contribution is 0.455. The molecular formula is C18H26N2S. The van der Waals surface area contributed by atoms with Crippen molar-refractivity contribution in [3.05, 3.63) is 51.5 Å². The summed E-state index contributed by atoms with van der Waals surface area (Å²) in [6.45, 7) is 8.82. The standard InChI is InChI=1S/C18H26N2S/c1-5-14-8-10-15(11-9-14)17(7-3)20-13(4)18-19-12-16(6-2)21-18/h8-13,17,20H,5-7H2,1-4H3. The molecule has 3 heteroatoms. The van der Waals surface area contributed by atoms with Crippen molar-refractivity contribution in [2.75, 3.05) is 0 Å². The maximum Gasteiger partial charge on any atom is 0.109 e. The summed E-state index contributed by atoms with van der Waals surface area (Å²) in [6.07, 6.45) is 5.26. The van der Waals surface area contributed by atoms with Crippen molar-refractivity contribution in [3.8, 4) is 0 Å². The van der Waals surface area contributed by atoms with E-state index in [1.165, 1.54) is 21.0 Å². The molecule has 0 aliphatic rings. The Morgan fingerprint density at radius 2 is 1.81 bits per heavy atom. The zero-order valence-electron chi connectivity index (χ0n) is 13.5. The second-order valence-corrected chi connectivity index (χ2v) is 6.61. The van der Waals surface area contributed by atoms with E-state index in [-0.39, 0.29) is 0 Å². The Hall–Kier alpha value is -1.19. The second-order valence-electron chi connectivity index (χ2n) is 5.46. The Morgan fingerprint density at radius 3 is 2.33 bits per heavy atom. The highest BCUT2D eigenvalue weighted by Crippen LogP contribution is 2.25.